The van der Waals surface area contributed by atoms with Crippen molar-refractivity contribution in [3.05, 3.63) is 57.8 Å². The Balaban J connectivity index is 2.35. The van der Waals surface area contributed by atoms with Gasteiger partial charge in [-0.2, -0.15) is 0 Å². The first-order valence-electron chi connectivity index (χ1n) is 5.80. The number of benzene rings is 2. The molecule has 8 heteroatoms. The van der Waals surface area contributed by atoms with Gasteiger partial charge in [0, 0.05) is 11.6 Å². The highest BCUT2D eigenvalue weighted by atomic mass is 35.5. The minimum absolute atomic E-state index is 0.00722. The normalized spacial score (nSPS) is 11.4. The SMILES string of the molecule is NCc1cc(S(=O)(=O)Nc2ccc(F)c(Cl)c2)ccc1Cl. The molecule has 21 heavy (non-hydrogen) atoms. The molecule has 0 fully saturated rings. The van der Waals surface area contributed by atoms with Gasteiger partial charge >= 0.3 is 0 Å². The van der Waals surface area contributed by atoms with E-state index in [1.807, 2.05) is 0 Å². The Labute approximate surface area is 131 Å². The number of sulfonamides is 1. The van der Waals surface area contributed by atoms with Gasteiger partial charge in [-0.1, -0.05) is 23.2 Å². The molecule has 0 bridgehead atoms. The van der Waals surface area contributed by atoms with Crippen molar-refractivity contribution < 1.29 is 12.8 Å². The summed E-state index contributed by atoms with van der Waals surface area (Å²) in [5.74, 6) is -0.628. The average molecular weight is 349 g/mol. The summed E-state index contributed by atoms with van der Waals surface area (Å²) in [5.41, 5.74) is 6.16. The summed E-state index contributed by atoms with van der Waals surface area (Å²) in [6.45, 7) is 0.116. The van der Waals surface area contributed by atoms with Crippen LogP contribution in [0.25, 0.3) is 0 Å². The molecule has 2 aromatic rings. The zero-order valence-electron chi connectivity index (χ0n) is 10.6. The summed E-state index contributed by atoms with van der Waals surface area (Å²) >= 11 is 11.5. The van der Waals surface area contributed by atoms with Crippen LogP contribution in [0.1, 0.15) is 5.56 Å². The van der Waals surface area contributed by atoms with E-state index in [2.05, 4.69) is 4.72 Å². The summed E-state index contributed by atoms with van der Waals surface area (Å²) in [6.07, 6.45) is 0. The molecular weight excluding hydrogens is 338 g/mol. The molecular formula is C13H11Cl2FN2O2S. The molecule has 0 amide bonds. The Morgan fingerprint density at radius 2 is 1.81 bits per heavy atom. The summed E-state index contributed by atoms with van der Waals surface area (Å²) in [5, 5.41) is 0.218. The van der Waals surface area contributed by atoms with Crippen molar-refractivity contribution in [2.45, 2.75) is 11.4 Å². The largest absolute Gasteiger partial charge is 0.326 e. The van der Waals surface area contributed by atoms with Gasteiger partial charge in [0.15, 0.2) is 0 Å². The molecule has 3 N–H and O–H groups in total. The minimum Gasteiger partial charge on any atom is -0.326 e. The molecule has 2 rings (SSSR count). The first kappa shape index (κ1) is 16.0. The van der Waals surface area contributed by atoms with Crippen LogP contribution in [-0.2, 0) is 16.6 Å². The molecule has 0 atom stereocenters. The van der Waals surface area contributed by atoms with E-state index in [9.17, 15) is 12.8 Å². The Hall–Kier alpha value is -1.34. The lowest BCUT2D eigenvalue weighted by Crippen LogP contribution is -2.13. The van der Waals surface area contributed by atoms with E-state index in [4.69, 9.17) is 28.9 Å². The smallest absolute Gasteiger partial charge is 0.261 e. The Morgan fingerprint density at radius 1 is 1.10 bits per heavy atom. The van der Waals surface area contributed by atoms with Gasteiger partial charge in [0.05, 0.1) is 15.6 Å². The Morgan fingerprint density at radius 3 is 2.43 bits per heavy atom. The van der Waals surface area contributed by atoms with Crippen LogP contribution in [0.15, 0.2) is 41.3 Å². The summed E-state index contributed by atoms with van der Waals surface area (Å²) in [4.78, 5) is 0.00722. The van der Waals surface area contributed by atoms with E-state index < -0.39 is 15.8 Å². The number of rotatable bonds is 4. The van der Waals surface area contributed by atoms with Crippen molar-refractivity contribution in [3.63, 3.8) is 0 Å². The lowest BCUT2D eigenvalue weighted by atomic mass is 10.2. The Bertz CT molecular complexity index is 782. The zero-order valence-corrected chi connectivity index (χ0v) is 12.9. The van der Waals surface area contributed by atoms with E-state index in [0.29, 0.717) is 10.6 Å². The molecule has 4 nitrogen and oxygen atoms in total. The molecule has 0 spiro atoms. The standard InChI is InChI=1S/C13H11Cl2FN2O2S/c14-11-3-2-10(5-8(11)7-17)21(19,20)18-9-1-4-13(16)12(15)6-9/h1-6,18H,7,17H2. The number of anilines is 1. The zero-order chi connectivity index (χ0) is 15.6. The third-order valence-corrected chi connectivity index (χ3v) is 4.76. The fraction of sp³-hybridized carbons (Fsp3) is 0.0769. The molecule has 0 saturated carbocycles. The van der Waals surface area contributed by atoms with E-state index in [-0.39, 0.29) is 22.2 Å². The topological polar surface area (TPSA) is 72.2 Å². The van der Waals surface area contributed by atoms with E-state index in [0.717, 1.165) is 6.07 Å². The van der Waals surface area contributed by atoms with E-state index in [1.54, 1.807) is 0 Å². The number of nitrogens with two attached hydrogens (primary N) is 1. The van der Waals surface area contributed by atoms with Crippen LogP contribution in [0.4, 0.5) is 10.1 Å². The number of hydrogen-bond donors (Lipinski definition) is 2. The predicted octanol–water partition coefficient (Wildman–Crippen LogP) is 3.39. The number of nitrogens with one attached hydrogen (secondary N) is 1. The maximum absolute atomic E-state index is 13.1. The van der Waals surface area contributed by atoms with Crippen LogP contribution >= 0.6 is 23.2 Å². The van der Waals surface area contributed by atoms with Crippen LogP contribution in [0.2, 0.25) is 10.0 Å². The first-order valence-corrected chi connectivity index (χ1v) is 8.04. The molecule has 2 aromatic carbocycles. The van der Waals surface area contributed by atoms with Gasteiger partial charge < -0.3 is 5.73 Å². The molecule has 0 heterocycles. The van der Waals surface area contributed by atoms with Gasteiger partial charge in [0.1, 0.15) is 5.82 Å². The van der Waals surface area contributed by atoms with Crippen molar-refractivity contribution in [1.29, 1.82) is 0 Å². The highest BCUT2D eigenvalue weighted by molar-refractivity contribution is 7.92. The fourth-order valence-corrected chi connectivity index (χ4v) is 3.12. The molecule has 112 valence electrons. The second kappa shape index (κ2) is 6.19. The van der Waals surface area contributed by atoms with Crippen molar-refractivity contribution in [2.75, 3.05) is 4.72 Å². The molecule has 0 aliphatic rings. The van der Waals surface area contributed by atoms with E-state index in [1.165, 1.54) is 30.3 Å². The molecule has 0 saturated heterocycles. The van der Waals surface area contributed by atoms with Crippen molar-refractivity contribution in [2.24, 2.45) is 5.73 Å². The van der Waals surface area contributed by atoms with Gasteiger partial charge in [0.2, 0.25) is 0 Å². The summed E-state index contributed by atoms with van der Waals surface area (Å²) in [6, 6.07) is 7.74. The monoisotopic (exact) mass is 348 g/mol. The maximum Gasteiger partial charge on any atom is 0.261 e. The molecule has 0 unspecified atom stereocenters. The van der Waals surface area contributed by atoms with Crippen LogP contribution in [0, 0.1) is 5.82 Å². The Kier molecular flexibility index (Phi) is 4.73. The lowest BCUT2D eigenvalue weighted by Gasteiger charge is -2.10. The van der Waals surface area contributed by atoms with E-state index >= 15 is 0 Å². The van der Waals surface area contributed by atoms with Gasteiger partial charge in [-0.25, -0.2) is 12.8 Å². The van der Waals surface area contributed by atoms with Gasteiger partial charge in [-0.3, -0.25) is 4.72 Å². The lowest BCUT2D eigenvalue weighted by molar-refractivity contribution is 0.601. The molecule has 0 aromatic heterocycles. The van der Waals surface area contributed by atoms with Crippen LogP contribution in [0.5, 0.6) is 0 Å². The fourth-order valence-electron chi connectivity index (χ4n) is 1.65. The van der Waals surface area contributed by atoms with Crippen molar-refractivity contribution >= 4 is 38.9 Å². The minimum atomic E-state index is -3.84. The second-order valence-electron chi connectivity index (χ2n) is 4.19. The quantitative estimate of drug-likeness (QED) is 0.889. The van der Waals surface area contributed by atoms with Crippen LogP contribution in [-0.4, -0.2) is 8.42 Å². The predicted molar refractivity (Wildman–Crippen MR) is 81.6 cm³/mol. The van der Waals surface area contributed by atoms with Gasteiger partial charge in [-0.05, 0) is 42.0 Å². The third-order valence-electron chi connectivity index (χ3n) is 2.72. The van der Waals surface area contributed by atoms with Gasteiger partial charge in [0.25, 0.3) is 10.0 Å². The third kappa shape index (κ3) is 3.65. The van der Waals surface area contributed by atoms with Crippen molar-refractivity contribution in [3.8, 4) is 0 Å². The van der Waals surface area contributed by atoms with Crippen LogP contribution < -0.4 is 10.5 Å². The molecule has 0 aliphatic heterocycles. The highest BCUT2D eigenvalue weighted by Crippen LogP contribution is 2.24. The second-order valence-corrected chi connectivity index (χ2v) is 6.69. The maximum atomic E-state index is 13.1. The number of halogens is 3. The molecule has 0 radical (unpaired) electrons. The summed E-state index contributed by atoms with van der Waals surface area (Å²) < 4.78 is 39.9. The highest BCUT2D eigenvalue weighted by Gasteiger charge is 2.16. The summed E-state index contributed by atoms with van der Waals surface area (Å²) in [7, 11) is -3.84. The van der Waals surface area contributed by atoms with Crippen molar-refractivity contribution in [1.82, 2.24) is 0 Å². The average Bonchev–Trinajstić information content (AvgIpc) is 2.43. The molecule has 0 aliphatic carbocycles. The van der Waals surface area contributed by atoms with Gasteiger partial charge in [-0.15, -0.1) is 0 Å². The first-order chi connectivity index (χ1) is 9.83. The van der Waals surface area contributed by atoms with Crippen LogP contribution in [0.3, 0.4) is 0 Å². The number of hydrogen-bond acceptors (Lipinski definition) is 3.